The number of amidine groups is 1. The van der Waals surface area contributed by atoms with Crippen LogP contribution in [0.4, 0.5) is 0 Å². The highest BCUT2D eigenvalue weighted by Crippen LogP contribution is 2.18. The number of ether oxygens (including phenoxy) is 1. The first-order chi connectivity index (χ1) is 11.5. The second-order valence-corrected chi connectivity index (χ2v) is 6.43. The molecule has 1 aliphatic heterocycles. The maximum atomic E-state index is 12.5. The Kier molecular flexibility index (Phi) is 6.76. The Balaban J connectivity index is 1.89. The van der Waals surface area contributed by atoms with E-state index >= 15 is 0 Å². The predicted molar refractivity (Wildman–Crippen MR) is 96.3 cm³/mol. The Morgan fingerprint density at radius 1 is 1.29 bits per heavy atom. The molecule has 0 radical (unpaired) electrons. The number of amides is 1. The molecule has 1 aromatic carbocycles. The summed E-state index contributed by atoms with van der Waals surface area (Å²) in [6.07, 6.45) is 3.14. The van der Waals surface area contributed by atoms with Gasteiger partial charge in [0.15, 0.2) is 11.3 Å². The van der Waals surface area contributed by atoms with Gasteiger partial charge in [-0.1, -0.05) is 23.4 Å². The van der Waals surface area contributed by atoms with Gasteiger partial charge in [-0.3, -0.25) is 4.79 Å². The van der Waals surface area contributed by atoms with Crippen LogP contribution in [0.1, 0.15) is 6.92 Å². The third kappa shape index (κ3) is 4.79. The largest absolute Gasteiger partial charge is 0.481 e. The number of hydrogen-bond donors (Lipinski definition) is 0. The zero-order valence-electron chi connectivity index (χ0n) is 13.6. The Labute approximate surface area is 151 Å². The summed E-state index contributed by atoms with van der Waals surface area (Å²) in [6, 6.07) is 6.94. The lowest BCUT2D eigenvalue weighted by Crippen LogP contribution is -2.52. The molecule has 0 aromatic heterocycles. The molecule has 1 heterocycles. The second-order valence-electron chi connectivity index (χ2n) is 5.22. The van der Waals surface area contributed by atoms with E-state index in [0.717, 1.165) is 0 Å². The number of halogens is 1. The van der Waals surface area contributed by atoms with E-state index in [1.807, 2.05) is 17.3 Å². The molecule has 6 nitrogen and oxygen atoms in total. The smallest absolute Gasteiger partial charge is 0.263 e. The zero-order valence-corrected chi connectivity index (χ0v) is 15.2. The predicted octanol–water partition coefficient (Wildman–Crippen LogP) is 2.45. The van der Waals surface area contributed by atoms with Crippen LogP contribution in [-0.4, -0.2) is 59.4 Å². The lowest BCUT2D eigenvalue weighted by molar-refractivity contribution is -0.139. The van der Waals surface area contributed by atoms with E-state index in [0.29, 0.717) is 42.1 Å². The van der Waals surface area contributed by atoms with Crippen LogP contribution < -0.4 is 4.74 Å². The minimum absolute atomic E-state index is 0.0486. The average molecular weight is 367 g/mol. The minimum Gasteiger partial charge on any atom is -0.481 e. The Morgan fingerprint density at radius 2 is 1.88 bits per heavy atom. The fraction of sp³-hybridized carbons (Fsp3) is 0.438. The number of rotatable bonds is 3. The van der Waals surface area contributed by atoms with Crippen LogP contribution in [0.3, 0.4) is 0 Å². The molecule has 8 heteroatoms. The molecular weight excluding hydrogens is 348 g/mol. The van der Waals surface area contributed by atoms with Gasteiger partial charge in [0.2, 0.25) is 6.19 Å². The standard InChI is InChI=1S/C16H19ClN4O2S/c1-12(23-14-5-3-13(17)4-6-14)15(22)20-7-9-21(10-8-20)16(24-2)19-11-18/h3-6,12H,7-10H2,1-2H3. The number of carbonyl (C=O) groups is 1. The fourth-order valence-corrected chi connectivity index (χ4v) is 3.13. The number of nitriles is 1. The molecule has 1 unspecified atom stereocenters. The normalized spacial score (nSPS) is 16.5. The Hall–Kier alpha value is -1.91. The maximum Gasteiger partial charge on any atom is 0.263 e. The van der Waals surface area contributed by atoms with E-state index in [-0.39, 0.29) is 5.91 Å². The average Bonchev–Trinajstić information content (AvgIpc) is 2.61. The first kappa shape index (κ1) is 18.4. The number of thioether (sulfide) groups is 1. The lowest BCUT2D eigenvalue weighted by Gasteiger charge is -2.36. The third-order valence-electron chi connectivity index (χ3n) is 3.66. The van der Waals surface area contributed by atoms with Gasteiger partial charge in [0.1, 0.15) is 5.75 Å². The van der Waals surface area contributed by atoms with E-state index in [4.69, 9.17) is 21.6 Å². The summed E-state index contributed by atoms with van der Waals surface area (Å²) in [5, 5.41) is 10.0. The van der Waals surface area contributed by atoms with Crippen LogP contribution in [0.5, 0.6) is 5.75 Å². The summed E-state index contributed by atoms with van der Waals surface area (Å²) < 4.78 is 5.68. The van der Waals surface area contributed by atoms with Gasteiger partial charge >= 0.3 is 0 Å². The Bertz CT molecular complexity index is 636. The summed E-state index contributed by atoms with van der Waals surface area (Å²) in [4.78, 5) is 20.1. The molecule has 2 rings (SSSR count). The van der Waals surface area contributed by atoms with Crippen LogP contribution in [0, 0.1) is 11.5 Å². The van der Waals surface area contributed by atoms with Crippen LogP contribution >= 0.6 is 23.4 Å². The van der Waals surface area contributed by atoms with E-state index in [2.05, 4.69) is 4.99 Å². The molecule has 0 saturated carbocycles. The number of carbonyl (C=O) groups excluding carboxylic acids is 1. The molecule has 0 aliphatic carbocycles. The van der Waals surface area contributed by atoms with Crippen molar-refractivity contribution in [2.24, 2.45) is 4.99 Å². The van der Waals surface area contributed by atoms with Crippen LogP contribution in [0.2, 0.25) is 5.02 Å². The van der Waals surface area contributed by atoms with Crippen molar-refractivity contribution in [3.05, 3.63) is 29.3 Å². The molecule has 24 heavy (non-hydrogen) atoms. The van der Waals surface area contributed by atoms with Crippen LogP contribution in [0.25, 0.3) is 0 Å². The van der Waals surface area contributed by atoms with Gasteiger partial charge in [0.05, 0.1) is 0 Å². The molecule has 1 fully saturated rings. The van der Waals surface area contributed by atoms with Crippen molar-refractivity contribution < 1.29 is 9.53 Å². The van der Waals surface area contributed by atoms with E-state index in [1.165, 1.54) is 11.8 Å². The number of benzene rings is 1. The number of piperazine rings is 1. The van der Waals surface area contributed by atoms with Gasteiger partial charge in [-0.2, -0.15) is 5.26 Å². The van der Waals surface area contributed by atoms with Gasteiger partial charge in [-0.15, -0.1) is 4.99 Å². The molecule has 0 bridgehead atoms. The van der Waals surface area contributed by atoms with Crippen molar-refractivity contribution in [1.29, 1.82) is 5.26 Å². The molecule has 1 amide bonds. The number of aliphatic imine (C=N–C) groups is 1. The van der Waals surface area contributed by atoms with E-state index < -0.39 is 6.10 Å². The van der Waals surface area contributed by atoms with Crippen LogP contribution in [-0.2, 0) is 4.79 Å². The summed E-state index contributed by atoms with van der Waals surface area (Å²) in [5.74, 6) is 0.567. The van der Waals surface area contributed by atoms with Crippen molar-refractivity contribution >= 4 is 34.4 Å². The van der Waals surface area contributed by atoms with E-state index in [1.54, 1.807) is 36.1 Å². The zero-order chi connectivity index (χ0) is 17.5. The summed E-state index contributed by atoms with van der Waals surface area (Å²) >= 11 is 7.27. The second kappa shape index (κ2) is 8.81. The first-order valence-electron chi connectivity index (χ1n) is 7.52. The molecule has 1 aliphatic rings. The van der Waals surface area contributed by atoms with Crippen molar-refractivity contribution in [1.82, 2.24) is 9.80 Å². The summed E-state index contributed by atoms with van der Waals surface area (Å²) in [6.45, 7) is 4.21. The van der Waals surface area contributed by atoms with E-state index in [9.17, 15) is 4.79 Å². The Morgan fingerprint density at radius 3 is 2.42 bits per heavy atom. The number of nitrogens with zero attached hydrogens (tertiary/aromatic N) is 4. The fourth-order valence-electron chi connectivity index (χ4n) is 2.43. The molecule has 1 aromatic rings. The van der Waals surface area contributed by atoms with Crippen LogP contribution in [0.15, 0.2) is 29.3 Å². The molecule has 1 saturated heterocycles. The van der Waals surface area contributed by atoms with Crippen molar-refractivity contribution in [2.75, 3.05) is 32.4 Å². The van der Waals surface area contributed by atoms with Crippen molar-refractivity contribution in [3.63, 3.8) is 0 Å². The summed E-state index contributed by atoms with van der Waals surface area (Å²) in [5.41, 5.74) is 0. The van der Waals surface area contributed by atoms with Gasteiger partial charge in [-0.25, -0.2) is 0 Å². The highest BCUT2D eigenvalue weighted by molar-refractivity contribution is 8.13. The molecule has 0 spiro atoms. The highest BCUT2D eigenvalue weighted by atomic mass is 35.5. The highest BCUT2D eigenvalue weighted by Gasteiger charge is 2.27. The maximum absolute atomic E-state index is 12.5. The van der Waals surface area contributed by atoms with Gasteiger partial charge in [0.25, 0.3) is 5.91 Å². The minimum atomic E-state index is -0.564. The number of hydrogen-bond acceptors (Lipinski definition) is 5. The molecule has 1 atom stereocenters. The topological polar surface area (TPSA) is 68.9 Å². The first-order valence-corrected chi connectivity index (χ1v) is 9.12. The third-order valence-corrected chi connectivity index (χ3v) is 4.63. The SMILES string of the molecule is CSC(=NC#N)N1CCN(C(=O)C(C)Oc2ccc(Cl)cc2)CC1. The molecular formula is C16H19ClN4O2S. The van der Waals surface area contributed by atoms with Crippen molar-refractivity contribution in [2.45, 2.75) is 13.0 Å². The van der Waals surface area contributed by atoms with Gasteiger partial charge < -0.3 is 14.5 Å². The van der Waals surface area contributed by atoms with Gasteiger partial charge in [-0.05, 0) is 37.4 Å². The monoisotopic (exact) mass is 366 g/mol. The molecule has 128 valence electrons. The van der Waals surface area contributed by atoms with Crippen molar-refractivity contribution in [3.8, 4) is 11.9 Å². The molecule has 0 N–H and O–H groups in total. The van der Waals surface area contributed by atoms with Gasteiger partial charge in [0, 0.05) is 31.2 Å². The summed E-state index contributed by atoms with van der Waals surface area (Å²) in [7, 11) is 0. The quantitative estimate of drug-likeness (QED) is 0.467. The lowest BCUT2D eigenvalue weighted by atomic mass is 10.2.